The normalized spacial score (nSPS) is 43.1. The van der Waals surface area contributed by atoms with Crippen LogP contribution in [-0.2, 0) is 0 Å². The average Bonchev–Trinajstić information content (AvgIpc) is 3.11. The first kappa shape index (κ1) is 28.1. The molecule has 0 aromatic rings. The fourth-order valence-electron chi connectivity index (χ4n) is 9.48. The summed E-state index contributed by atoms with van der Waals surface area (Å²) in [6.45, 7) is 20.6. The zero-order chi connectivity index (χ0) is 25.1. The molecule has 5 aliphatic carbocycles. The van der Waals surface area contributed by atoms with Crippen LogP contribution < -0.4 is 0 Å². The van der Waals surface area contributed by atoms with Crippen molar-refractivity contribution < 1.29 is 0 Å². The van der Waals surface area contributed by atoms with Gasteiger partial charge in [0.15, 0.2) is 0 Å². The maximum absolute atomic E-state index is 2.76. The summed E-state index contributed by atoms with van der Waals surface area (Å²) < 4.78 is 0. The van der Waals surface area contributed by atoms with Gasteiger partial charge in [0.05, 0.1) is 0 Å². The molecule has 0 amide bonds. The SMILES string of the molecule is CC.CCC.CC[C@H](/C=C/[C@H]1C[C@]23CCC4[C@@H](CC=C5CC(C)CCC54C)C2CCC13)C(C)C. The minimum absolute atomic E-state index is 0.559. The van der Waals surface area contributed by atoms with Crippen molar-refractivity contribution in [2.45, 2.75) is 133 Å². The summed E-state index contributed by atoms with van der Waals surface area (Å²) in [5.74, 6) is 7.51. The van der Waals surface area contributed by atoms with E-state index in [-0.39, 0.29) is 0 Å². The predicted molar refractivity (Wildman–Crippen MR) is 152 cm³/mol. The van der Waals surface area contributed by atoms with Crippen molar-refractivity contribution >= 4 is 0 Å². The molecule has 1 spiro atoms. The molecule has 0 N–H and O–H groups in total. The summed E-state index contributed by atoms with van der Waals surface area (Å²) in [6, 6.07) is 0. The van der Waals surface area contributed by atoms with Gasteiger partial charge in [-0.15, -0.1) is 0 Å². The molecule has 0 saturated heterocycles. The van der Waals surface area contributed by atoms with E-state index in [1.165, 1.54) is 51.4 Å². The number of hydrogen-bond donors (Lipinski definition) is 0. The van der Waals surface area contributed by atoms with E-state index < -0.39 is 0 Å². The summed E-state index contributed by atoms with van der Waals surface area (Å²) in [5, 5.41) is 0. The maximum atomic E-state index is 2.76. The quantitative estimate of drug-likeness (QED) is 0.360. The lowest BCUT2D eigenvalue weighted by atomic mass is 9.41. The molecule has 0 heteroatoms. The van der Waals surface area contributed by atoms with Gasteiger partial charge in [0.25, 0.3) is 0 Å². The van der Waals surface area contributed by atoms with E-state index in [4.69, 9.17) is 0 Å². The van der Waals surface area contributed by atoms with E-state index in [2.05, 4.69) is 66.7 Å². The molecule has 34 heavy (non-hydrogen) atoms. The highest BCUT2D eigenvalue weighted by Gasteiger charge is 2.65. The number of hydrogen-bond acceptors (Lipinski definition) is 0. The number of allylic oxidation sites excluding steroid dienone is 4. The highest BCUT2D eigenvalue weighted by molar-refractivity contribution is 5.27. The van der Waals surface area contributed by atoms with Gasteiger partial charge in [-0.3, -0.25) is 0 Å². The second-order valence-corrected chi connectivity index (χ2v) is 13.3. The van der Waals surface area contributed by atoms with Gasteiger partial charge in [-0.1, -0.05) is 92.5 Å². The molecule has 0 nitrogen and oxygen atoms in total. The molecule has 9 atom stereocenters. The molecule has 5 unspecified atom stereocenters. The van der Waals surface area contributed by atoms with Crippen LogP contribution in [0.1, 0.15) is 133 Å². The Kier molecular flexibility index (Phi) is 9.64. The van der Waals surface area contributed by atoms with E-state index >= 15 is 0 Å². The topological polar surface area (TPSA) is 0 Å². The van der Waals surface area contributed by atoms with Crippen molar-refractivity contribution in [2.75, 3.05) is 0 Å². The van der Waals surface area contributed by atoms with Gasteiger partial charge in [-0.2, -0.15) is 0 Å². The molecule has 0 bridgehead atoms. The van der Waals surface area contributed by atoms with Crippen LogP contribution in [0.2, 0.25) is 0 Å². The predicted octanol–water partition coefficient (Wildman–Crippen LogP) is 10.9. The molecular formula is C34H60. The van der Waals surface area contributed by atoms with Crippen LogP contribution in [0.15, 0.2) is 23.8 Å². The molecule has 0 heterocycles. The second kappa shape index (κ2) is 11.7. The highest BCUT2D eigenvalue weighted by Crippen LogP contribution is 2.73. The van der Waals surface area contributed by atoms with Gasteiger partial charge in [0.2, 0.25) is 0 Å². The zero-order valence-corrected chi connectivity index (χ0v) is 24.6. The monoisotopic (exact) mass is 468 g/mol. The van der Waals surface area contributed by atoms with Crippen molar-refractivity contribution in [1.29, 1.82) is 0 Å². The summed E-state index contributed by atoms with van der Waals surface area (Å²) in [7, 11) is 0. The van der Waals surface area contributed by atoms with Crippen molar-refractivity contribution in [1.82, 2.24) is 0 Å². The fraction of sp³-hybridized carbons (Fsp3) is 0.882. The van der Waals surface area contributed by atoms with Crippen LogP contribution in [-0.4, -0.2) is 0 Å². The van der Waals surface area contributed by atoms with E-state index in [0.717, 1.165) is 52.8 Å². The van der Waals surface area contributed by atoms with Crippen molar-refractivity contribution in [3.8, 4) is 0 Å². The smallest absolute Gasteiger partial charge is 0.00851 e. The summed E-state index contributed by atoms with van der Waals surface area (Å²) in [6.07, 6.45) is 24.1. The molecule has 0 aromatic carbocycles. The Bertz CT molecular complexity index is 697. The second-order valence-electron chi connectivity index (χ2n) is 13.3. The Balaban J connectivity index is 0.000000603. The molecular weight excluding hydrogens is 408 g/mol. The van der Waals surface area contributed by atoms with Gasteiger partial charge >= 0.3 is 0 Å². The molecule has 0 aliphatic heterocycles. The highest BCUT2D eigenvalue weighted by atomic mass is 14.7. The van der Waals surface area contributed by atoms with Crippen LogP contribution in [0.25, 0.3) is 0 Å². The van der Waals surface area contributed by atoms with Crippen LogP contribution in [0.4, 0.5) is 0 Å². The van der Waals surface area contributed by atoms with E-state index in [1.807, 2.05) is 19.4 Å². The summed E-state index contributed by atoms with van der Waals surface area (Å²) in [4.78, 5) is 0. The first-order valence-corrected chi connectivity index (χ1v) is 15.7. The molecule has 5 aliphatic rings. The summed E-state index contributed by atoms with van der Waals surface area (Å²) >= 11 is 0. The maximum Gasteiger partial charge on any atom is -0.00851 e. The van der Waals surface area contributed by atoms with Gasteiger partial charge in [0.1, 0.15) is 0 Å². The molecule has 0 radical (unpaired) electrons. The summed E-state index contributed by atoms with van der Waals surface area (Å²) in [5.41, 5.74) is 3.18. The third-order valence-corrected chi connectivity index (χ3v) is 11.2. The lowest BCUT2D eigenvalue weighted by Crippen LogP contribution is -2.56. The first-order chi connectivity index (χ1) is 16.3. The van der Waals surface area contributed by atoms with Crippen LogP contribution in [0.3, 0.4) is 0 Å². The minimum Gasteiger partial charge on any atom is -0.0849 e. The fourth-order valence-corrected chi connectivity index (χ4v) is 9.48. The Morgan fingerprint density at radius 2 is 1.65 bits per heavy atom. The lowest BCUT2D eigenvalue weighted by Gasteiger charge is -2.63. The Labute approximate surface area is 214 Å². The number of rotatable bonds is 4. The molecule has 0 aromatic heterocycles. The van der Waals surface area contributed by atoms with Crippen molar-refractivity contribution in [3.05, 3.63) is 23.8 Å². The molecule has 4 saturated carbocycles. The third kappa shape index (κ3) is 4.87. The third-order valence-electron chi connectivity index (χ3n) is 11.2. The van der Waals surface area contributed by atoms with E-state index in [0.29, 0.717) is 5.41 Å². The Hall–Kier alpha value is -0.520. The van der Waals surface area contributed by atoms with Crippen molar-refractivity contribution in [3.63, 3.8) is 0 Å². The largest absolute Gasteiger partial charge is 0.0849 e. The van der Waals surface area contributed by atoms with Gasteiger partial charge in [-0.05, 0) is 122 Å². The number of fused-ring (bicyclic) bond motifs is 4. The molecule has 4 fully saturated rings. The van der Waals surface area contributed by atoms with Gasteiger partial charge in [-0.25, -0.2) is 0 Å². The van der Waals surface area contributed by atoms with E-state index in [1.54, 1.807) is 19.3 Å². The van der Waals surface area contributed by atoms with Gasteiger partial charge in [0, 0.05) is 0 Å². The van der Waals surface area contributed by atoms with E-state index in [9.17, 15) is 0 Å². The molecule has 196 valence electrons. The van der Waals surface area contributed by atoms with Crippen molar-refractivity contribution in [2.24, 2.45) is 58.2 Å². The standard InChI is InChI=1S/C29H46.C3H8.C2H6/c1-6-21(19(2)3)7-8-22-18-29-16-14-26-24(27(29)12-11-25(22)29)10-9-23-17-20(4)13-15-28(23,26)5;1-3-2;1-2/h7-9,19-22,24-27H,6,10-18H2,1-5H3;3H2,1-2H3;1-2H3/b8-7+;;/t20?,21-,22+,24-,25?,26?,27?,28?,29+;;/m1../s1. The lowest BCUT2D eigenvalue weighted by molar-refractivity contribution is -0.116. The van der Waals surface area contributed by atoms with Crippen LogP contribution in [0.5, 0.6) is 0 Å². The zero-order valence-electron chi connectivity index (χ0n) is 24.6. The van der Waals surface area contributed by atoms with Gasteiger partial charge < -0.3 is 0 Å². The Morgan fingerprint density at radius 1 is 0.971 bits per heavy atom. The van der Waals surface area contributed by atoms with Crippen LogP contribution >= 0.6 is 0 Å². The first-order valence-electron chi connectivity index (χ1n) is 15.7. The average molecular weight is 469 g/mol. The van der Waals surface area contributed by atoms with Crippen LogP contribution in [0, 0.1) is 58.2 Å². The molecule has 5 rings (SSSR count). The Morgan fingerprint density at radius 3 is 2.29 bits per heavy atom. The minimum atomic E-state index is 0.559.